The molecule has 2 N–H and O–H groups in total. The molecule has 0 radical (unpaired) electrons. The molecule has 2 saturated carbocycles. The number of phenolic OH excluding ortho intramolecular Hbond substituents is 1. The second-order valence-electron chi connectivity index (χ2n) is 7.95. The Morgan fingerprint density at radius 2 is 2.04 bits per heavy atom. The van der Waals surface area contributed by atoms with Gasteiger partial charge in [0.1, 0.15) is 0 Å². The van der Waals surface area contributed by atoms with Crippen LogP contribution in [0.3, 0.4) is 0 Å². The third kappa shape index (κ3) is 3.52. The first kappa shape index (κ1) is 17.6. The second-order valence-corrected chi connectivity index (χ2v) is 7.95. The van der Waals surface area contributed by atoms with E-state index in [0.29, 0.717) is 6.54 Å². The summed E-state index contributed by atoms with van der Waals surface area (Å²) in [5.41, 5.74) is 0.794. The number of piperazine rings is 1. The Balaban J connectivity index is 1.29. The van der Waals surface area contributed by atoms with Gasteiger partial charge in [0.2, 0.25) is 0 Å². The minimum Gasteiger partial charge on any atom is -0.505 e. The average Bonchev–Trinajstić information content (AvgIpc) is 3.29. The summed E-state index contributed by atoms with van der Waals surface area (Å²) in [5.74, 6) is 1.90. The van der Waals surface area contributed by atoms with Crippen molar-refractivity contribution in [1.29, 1.82) is 0 Å². The van der Waals surface area contributed by atoms with Gasteiger partial charge in [-0.2, -0.15) is 0 Å². The summed E-state index contributed by atoms with van der Waals surface area (Å²) in [6, 6.07) is 5.29. The summed E-state index contributed by atoms with van der Waals surface area (Å²) in [6.45, 7) is 4.66. The molecule has 0 spiro atoms. The zero-order valence-electron chi connectivity index (χ0n) is 15.5. The molecule has 2 aliphatic carbocycles. The Labute approximate surface area is 154 Å². The number of aliphatic imine (C=N–C) groups is 1. The number of guanidine groups is 1. The van der Waals surface area contributed by atoms with Gasteiger partial charge < -0.3 is 15.3 Å². The summed E-state index contributed by atoms with van der Waals surface area (Å²) in [7, 11) is 1.79. The molecule has 3 aliphatic rings. The van der Waals surface area contributed by atoms with Gasteiger partial charge in [0.25, 0.3) is 0 Å². The summed E-state index contributed by atoms with van der Waals surface area (Å²) in [5, 5.41) is 12.6. The molecule has 4 rings (SSSR count). The van der Waals surface area contributed by atoms with E-state index in [0.717, 1.165) is 55.6 Å². The first-order valence-corrected chi connectivity index (χ1v) is 9.81. The molecule has 0 amide bonds. The van der Waals surface area contributed by atoms with Gasteiger partial charge in [-0.25, -0.2) is 4.39 Å². The number of aromatic hydroxyl groups is 1. The van der Waals surface area contributed by atoms with Crippen molar-refractivity contribution >= 4 is 5.96 Å². The predicted molar refractivity (Wildman–Crippen MR) is 101 cm³/mol. The lowest BCUT2D eigenvalue weighted by Crippen LogP contribution is -2.55. The molecule has 1 saturated heterocycles. The monoisotopic (exact) mass is 360 g/mol. The van der Waals surface area contributed by atoms with Crippen molar-refractivity contribution in [3.63, 3.8) is 0 Å². The van der Waals surface area contributed by atoms with Gasteiger partial charge in [0.15, 0.2) is 17.5 Å². The highest BCUT2D eigenvalue weighted by molar-refractivity contribution is 5.80. The fourth-order valence-corrected chi connectivity index (χ4v) is 5.10. The Morgan fingerprint density at radius 1 is 1.23 bits per heavy atom. The van der Waals surface area contributed by atoms with Gasteiger partial charge >= 0.3 is 0 Å². The predicted octanol–water partition coefficient (Wildman–Crippen LogP) is 2.41. The van der Waals surface area contributed by atoms with Crippen molar-refractivity contribution in [3.8, 4) is 5.75 Å². The normalized spacial score (nSPS) is 29.4. The van der Waals surface area contributed by atoms with E-state index in [1.54, 1.807) is 13.1 Å². The van der Waals surface area contributed by atoms with Gasteiger partial charge in [-0.05, 0) is 48.8 Å². The van der Waals surface area contributed by atoms with Crippen LogP contribution in [0.4, 0.5) is 4.39 Å². The van der Waals surface area contributed by atoms with E-state index in [4.69, 9.17) is 0 Å². The Bertz CT molecular complexity index is 672. The van der Waals surface area contributed by atoms with Crippen molar-refractivity contribution in [1.82, 2.24) is 15.1 Å². The van der Waals surface area contributed by atoms with Gasteiger partial charge in [0, 0.05) is 45.8 Å². The number of nitrogens with one attached hydrogen (secondary N) is 1. The lowest BCUT2D eigenvalue weighted by molar-refractivity contribution is 0.0958. The van der Waals surface area contributed by atoms with E-state index in [9.17, 15) is 9.50 Å². The van der Waals surface area contributed by atoms with Crippen LogP contribution in [-0.4, -0.2) is 60.1 Å². The smallest absolute Gasteiger partial charge is 0.194 e. The Kier molecular flexibility index (Phi) is 5.02. The molecule has 1 aromatic rings. The van der Waals surface area contributed by atoms with E-state index in [1.807, 2.05) is 0 Å². The van der Waals surface area contributed by atoms with E-state index in [-0.39, 0.29) is 5.75 Å². The van der Waals surface area contributed by atoms with Crippen LogP contribution in [0.15, 0.2) is 23.2 Å². The van der Waals surface area contributed by atoms with Crippen molar-refractivity contribution < 1.29 is 9.50 Å². The van der Waals surface area contributed by atoms with Crippen LogP contribution >= 0.6 is 0 Å². The van der Waals surface area contributed by atoms with E-state index in [1.165, 1.54) is 37.8 Å². The molecule has 3 atom stereocenters. The largest absolute Gasteiger partial charge is 0.505 e. The van der Waals surface area contributed by atoms with Crippen LogP contribution < -0.4 is 5.32 Å². The third-order valence-corrected chi connectivity index (χ3v) is 6.46. The molecule has 26 heavy (non-hydrogen) atoms. The van der Waals surface area contributed by atoms with Crippen LogP contribution in [0.25, 0.3) is 0 Å². The quantitative estimate of drug-likeness (QED) is 0.642. The number of nitrogens with zero attached hydrogens (tertiary/aromatic N) is 3. The number of fused-ring (bicyclic) bond motifs is 2. The Morgan fingerprint density at radius 3 is 2.65 bits per heavy atom. The average molecular weight is 360 g/mol. The number of hydrogen-bond acceptors (Lipinski definition) is 3. The number of hydrogen-bond donors (Lipinski definition) is 2. The van der Waals surface area contributed by atoms with Gasteiger partial charge in [-0.1, -0.05) is 12.5 Å². The van der Waals surface area contributed by atoms with Gasteiger partial charge in [-0.3, -0.25) is 9.89 Å². The topological polar surface area (TPSA) is 51.1 Å². The molecule has 6 heteroatoms. The van der Waals surface area contributed by atoms with Crippen LogP contribution in [0.2, 0.25) is 0 Å². The number of phenols is 1. The van der Waals surface area contributed by atoms with E-state index >= 15 is 0 Å². The number of halogens is 1. The molecule has 1 heterocycles. The molecule has 2 bridgehead atoms. The molecule has 3 fully saturated rings. The maximum absolute atomic E-state index is 13.5. The minimum atomic E-state index is -0.584. The van der Waals surface area contributed by atoms with Crippen LogP contribution in [0, 0.1) is 17.7 Å². The molecule has 1 aliphatic heterocycles. The van der Waals surface area contributed by atoms with Crippen LogP contribution in [0.5, 0.6) is 5.75 Å². The molecule has 0 aromatic heterocycles. The lowest BCUT2D eigenvalue weighted by atomic mass is 9.93. The second kappa shape index (κ2) is 7.43. The zero-order valence-corrected chi connectivity index (χ0v) is 15.5. The highest BCUT2D eigenvalue weighted by atomic mass is 19.1. The van der Waals surface area contributed by atoms with Crippen molar-refractivity contribution in [2.24, 2.45) is 16.8 Å². The molecule has 1 aromatic carbocycles. The molecule has 3 unspecified atom stereocenters. The first-order chi connectivity index (χ1) is 12.6. The molecule has 142 valence electrons. The first-order valence-electron chi connectivity index (χ1n) is 9.81. The maximum Gasteiger partial charge on any atom is 0.194 e. The van der Waals surface area contributed by atoms with E-state index in [2.05, 4.69) is 20.1 Å². The van der Waals surface area contributed by atoms with Gasteiger partial charge in [0.05, 0.1) is 0 Å². The zero-order chi connectivity index (χ0) is 18.1. The molecule has 5 nitrogen and oxygen atoms in total. The summed E-state index contributed by atoms with van der Waals surface area (Å²) in [4.78, 5) is 9.39. The summed E-state index contributed by atoms with van der Waals surface area (Å²) in [6.07, 6.45) is 5.75. The van der Waals surface area contributed by atoms with Crippen molar-refractivity contribution in [3.05, 3.63) is 29.6 Å². The fraction of sp³-hybridized carbons (Fsp3) is 0.650. The highest BCUT2D eigenvalue weighted by Crippen LogP contribution is 2.46. The Hall–Kier alpha value is -1.82. The van der Waals surface area contributed by atoms with Gasteiger partial charge in [-0.15, -0.1) is 0 Å². The fourth-order valence-electron chi connectivity index (χ4n) is 5.10. The van der Waals surface area contributed by atoms with E-state index < -0.39 is 5.82 Å². The maximum atomic E-state index is 13.5. The summed E-state index contributed by atoms with van der Waals surface area (Å²) >= 11 is 0. The number of rotatable bonds is 3. The van der Waals surface area contributed by atoms with Crippen LogP contribution in [0.1, 0.15) is 31.2 Å². The molecular weight excluding hydrogens is 331 g/mol. The van der Waals surface area contributed by atoms with Crippen molar-refractivity contribution in [2.45, 2.75) is 38.3 Å². The third-order valence-electron chi connectivity index (χ3n) is 6.46. The molecular formula is C20H29FN4O. The van der Waals surface area contributed by atoms with Crippen LogP contribution in [-0.2, 0) is 6.54 Å². The van der Waals surface area contributed by atoms with Crippen molar-refractivity contribution in [2.75, 3.05) is 33.2 Å². The summed E-state index contributed by atoms with van der Waals surface area (Å²) < 4.78 is 13.5. The highest BCUT2D eigenvalue weighted by Gasteiger charge is 2.42. The number of benzene rings is 1. The SMILES string of the molecule is CN=C(NCc1ccc(O)c(F)c1)N1CCN(C2CC3CCC2C3)CC1. The minimum absolute atomic E-state index is 0.310. The lowest BCUT2D eigenvalue weighted by Gasteiger charge is -2.42. The standard InChI is InChI=1S/C20H29FN4O/c1-22-20(23-13-15-3-5-19(26)17(21)11-15)25-8-6-24(7-9-25)18-12-14-2-4-16(18)10-14/h3,5,11,14,16,18,26H,2,4,6-10,12-13H2,1H3,(H,22,23).